The van der Waals surface area contributed by atoms with Gasteiger partial charge in [-0.15, -0.1) is 0 Å². The molecule has 0 unspecified atom stereocenters. The number of nitrogens with zero attached hydrogens (tertiary/aromatic N) is 1. The predicted molar refractivity (Wildman–Crippen MR) is 97.3 cm³/mol. The third-order valence-corrected chi connectivity index (χ3v) is 4.01. The van der Waals surface area contributed by atoms with Gasteiger partial charge in [0.25, 0.3) is 0 Å². The molecular formula is C19H29N2O4-. The molecule has 1 aromatic rings. The van der Waals surface area contributed by atoms with Crippen molar-refractivity contribution in [3.8, 4) is 0 Å². The first-order valence-electron chi connectivity index (χ1n) is 8.94. The van der Waals surface area contributed by atoms with Crippen molar-refractivity contribution in [3.63, 3.8) is 0 Å². The van der Waals surface area contributed by atoms with Crippen LogP contribution in [0.3, 0.4) is 0 Å². The number of hydrogen-bond acceptors (Lipinski definition) is 3. The summed E-state index contributed by atoms with van der Waals surface area (Å²) in [6.45, 7) is 3.41. The lowest BCUT2D eigenvalue weighted by atomic mass is 10.2. The molecule has 1 fully saturated rings. The largest absolute Gasteiger partial charge is 0.677 e. The molecule has 140 valence electrons. The molecule has 25 heavy (non-hydrogen) atoms. The maximum Gasteiger partial charge on any atom is 0.410 e. The molecule has 2 rings (SSSR count). The summed E-state index contributed by atoms with van der Waals surface area (Å²) < 4.78 is 5.12. The number of rotatable bonds is 7. The molecule has 6 heteroatoms. The van der Waals surface area contributed by atoms with Gasteiger partial charge >= 0.3 is 12.1 Å². The van der Waals surface area contributed by atoms with Crippen molar-refractivity contribution in [1.82, 2.24) is 4.90 Å². The van der Waals surface area contributed by atoms with E-state index in [1.165, 1.54) is 24.2 Å². The van der Waals surface area contributed by atoms with E-state index < -0.39 is 18.1 Å². The molecule has 0 radical (unpaired) electrons. The highest BCUT2D eigenvalue weighted by Gasteiger charge is 2.34. The van der Waals surface area contributed by atoms with Gasteiger partial charge in [-0.2, -0.15) is 6.54 Å². The predicted octanol–water partition coefficient (Wildman–Crippen LogP) is 4.49. The lowest BCUT2D eigenvalue weighted by Crippen LogP contribution is -2.40. The average Bonchev–Trinajstić information content (AvgIpc) is 3.12. The zero-order valence-electron chi connectivity index (χ0n) is 14.9. The second-order valence-corrected chi connectivity index (χ2v) is 6.04. The van der Waals surface area contributed by atoms with E-state index in [4.69, 9.17) is 15.6 Å². The van der Waals surface area contributed by atoms with E-state index in [2.05, 4.69) is 6.92 Å². The second kappa shape index (κ2) is 12.3. The molecule has 1 aromatic carbocycles. The Balaban J connectivity index is 0.000000381. The number of benzene rings is 1. The average molecular weight is 349 g/mol. The summed E-state index contributed by atoms with van der Waals surface area (Å²) in [5.74, 6) is -0.968. The summed E-state index contributed by atoms with van der Waals surface area (Å²) in [7, 11) is 0. The van der Waals surface area contributed by atoms with Crippen molar-refractivity contribution in [3.05, 3.63) is 41.6 Å². The maximum atomic E-state index is 11.8. The van der Waals surface area contributed by atoms with Crippen LogP contribution in [0, 0.1) is 0 Å². The van der Waals surface area contributed by atoms with Crippen LogP contribution in [0.5, 0.6) is 0 Å². The van der Waals surface area contributed by atoms with Crippen molar-refractivity contribution in [2.45, 2.75) is 58.1 Å². The Kier molecular flexibility index (Phi) is 10.3. The quantitative estimate of drug-likeness (QED) is 0.734. The van der Waals surface area contributed by atoms with E-state index >= 15 is 0 Å². The summed E-state index contributed by atoms with van der Waals surface area (Å²) in [4.78, 5) is 24.0. The van der Waals surface area contributed by atoms with Crippen molar-refractivity contribution in [1.29, 1.82) is 0 Å². The number of carbonyl (C=O) groups is 2. The van der Waals surface area contributed by atoms with Crippen molar-refractivity contribution >= 4 is 12.1 Å². The monoisotopic (exact) mass is 349 g/mol. The molecule has 2 N–H and O–H groups in total. The number of hydrogen-bond donors (Lipinski definition) is 1. The fourth-order valence-corrected chi connectivity index (χ4v) is 2.60. The van der Waals surface area contributed by atoms with Gasteiger partial charge in [-0.05, 0) is 18.4 Å². The zero-order chi connectivity index (χ0) is 18.5. The smallest absolute Gasteiger partial charge is 0.410 e. The van der Waals surface area contributed by atoms with Crippen LogP contribution in [-0.2, 0) is 16.1 Å². The van der Waals surface area contributed by atoms with Gasteiger partial charge in [-0.25, -0.2) is 9.59 Å². The van der Waals surface area contributed by atoms with Crippen LogP contribution >= 0.6 is 0 Å². The summed E-state index contributed by atoms with van der Waals surface area (Å²) in [6.07, 6.45) is 5.57. The Morgan fingerprint density at radius 2 is 1.96 bits per heavy atom. The van der Waals surface area contributed by atoms with E-state index in [9.17, 15) is 9.59 Å². The van der Waals surface area contributed by atoms with Crippen LogP contribution in [-0.4, -0.2) is 41.2 Å². The molecule has 1 amide bonds. The molecule has 1 aliphatic rings. The SMILES string of the molecule is CCCCCC[NH-].O=C(O)[C@@H]1CCCN1C(=O)OCc1ccccc1. The molecule has 0 spiro atoms. The molecular weight excluding hydrogens is 320 g/mol. The summed E-state index contributed by atoms with van der Waals surface area (Å²) in [5, 5.41) is 8.97. The first-order valence-corrected chi connectivity index (χ1v) is 8.94. The second-order valence-electron chi connectivity index (χ2n) is 6.04. The summed E-state index contributed by atoms with van der Waals surface area (Å²) >= 11 is 0. The Bertz CT molecular complexity index is 503. The normalized spacial score (nSPS) is 16.1. The summed E-state index contributed by atoms with van der Waals surface area (Å²) in [5.41, 5.74) is 7.67. The highest BCUT2D eigenvalue weighted by molar-refractivity contribution is 5.80. The van der Waals surface area contributed by atoms with Crippen molar-refractivity contribution in [2.24, 2.45) is 0 Å². The number of carboxylic acid groups (broad SMARTS) is 1. The van der Waals surface area contributed by atoms with E-state index in [0.29, 0.717) is 25.9 Å². The number of carboxylic acids is 1. The number of likely N-dealkylation sites (tertiary alicyclic amines) is 1. The third kappa shape index (κ3) is 8.03. The fraction of sp³-hybridized carbons (Fsp3) is 0.579. The van der Waals surface area contributed by atoms with Gasteiger partial charge in [0.2, 0.25) is 0 Å². The molecule has 1 heterocycles. The van der Waals surface area contributed by atoms with Crippen LogP contribution in [0.15, 0.2) is 30.3 Å². The topological polar surface area (TPSA) is 90.6 Å². The van der Waals surface area contributed by atoms with Gasteiger partial charge in [-0.3, -0.25) is 4.90 Å². The van der Waals surface area contributed by atoms with E-state index in [-0.39, 0.29) is 6.61 Å². The Labute approximate surface area is 150 Å². The Hall–Kier alpha value is -2.08. The molecule has 1 aliphatic heterocycles. The molecule has 1 atom stereocenters. The zero-order valence-corrected chi connectivity index (χ0v) is 14.9. The number of unbranched alkanes of at least 4 members (excludes halogenated alkanes) is 3. The molecule has 1 saturated heterocycles. The lowest BCUT2D eigenvalue weighted by molar-refractivity contribution is -0.141. The highest BCUT2D eigenvalue weighted by Crippen LogP contribution is 2.18. The molecule has 0 saturated carbocycles. The minimum atomic E-state index is -0.968. The first kappa shape index (κ1) is 21.0. The van der Waals surface area contributed by atoms with E-state index in [1.54, 1.807) is 0 Å². The number of nitrogens with one attached hydrogen (secondary N) is 1. The number of aliphatic carboxylic acids is 1. The van der Waals surface area contributed by atoms with Crippen LogP contribution < -0.4 is 0 Å². The van der Waals surface area contributed by atoms with Crippen LogP contribution in [0.25, 0.3) is 5.73 Å². The number of amides is 1. The van der Waals surface area contributed by atoms with Gasteiger partial charge in [0.1, 0.15) is 12.6 Å². The highest BCUT2D eigenvalue weighted by atomic mass is 16.6. The van der Waals surface area contributed by atoms with E-state index in [0.717, 1.165) is 12.0 Å². The van der Waals surface area contributed by atoms with Crippen molar-refractivity contribution < 1.29 is 19.4 Å². The molecule has 6 nitrogen and oxygen atoms in total. The lowest BCUT2D eigenvalue weighted by Gasteiger charge is -2.20. The fourth-order valence-electron chi connectivity index (χ4n) is 2.60. The number of carbonyl (C=O) groups excluding carboxylic acids is 1. The molecule has 0 bridgehead atoms. The first-order chi connectivity index (χ1) is 12.1. The third-order valence-electron chi connectivity index (χ3n) is 4.01. The summed E-state index contributed by atoms with van der Waals surface area (Å²) in [6, 6.07) is 8.57. The maximum absolute atomic E-state index is 11.8. The minimum Gasteiger partial charge on any atom is -0.677 e. The molecule has 0 aromatic heterocycles. The Morgan fingerprint density at radius 3 is 2.56 bits per heavy atom. The van der Waals surface area contributed by atoms with E-state index in [1.807, 2.05) is 30.3 Å². The standard InChI is InChI=1S/C13H15NO4.C6H14N/c15-12(16)11-7-4-8-14(11)13(17)18-9-10-5-2-1-3-6-10;1-2-3-4-5-6-7/h1-3,5-6,11H,4,7-9H2,(H,15,16);7H,2-6H2,1H3/q;-1/t11-;/m0./s1. The van der Waals surface area contributed by atoms with Crippen molar-refractivity contribution in [2.75, 3.05) is 13.1 Å². The van der Waals surface area contributed by atoms with Gasteiger partial charge in [-0.1, -0.05) is 62.9 Å². The Morgan fingerprint density at radius 1 is 1.24 bits per heavy atom. The van der Waals surface area contributed by atoms with Gasteiger partial charge in [0, 0.05) is 6.54 Å². The number of ether oxygens (including phenoxy) is 1. The van der Waals surface area contributed by atoms with Gasteiger partial charge < -0.3 is 15.6 Å². The minimum absolute atomic E-state index is 0.169. The van der Waals surface area contributed by atoms with Crippen LogP contribution in [0.2, 0.25) is 0 Å². The van der Waals surface area contributed by atoms with Crippen LogP contribution in [0.4, 0.5) is 4.79 Å². The van der Waals surface area contributed by atoms with Crippen LogP contribution in [0.1, 0.15) is 51.0 Å². The van der Waals surface area contributed by atoms with Gasteiger partial charge in [0.15, 0.2) is 0 Å². The molecule has 0 aliphatic carbocycles. The van der Waals surface area contributed by atoms with Gasteiger partial charge in [0.05, 0.1) is 0 Å².